The fraction of sp³-hybridized carbons (Fsp3) is 0.636. The smallest absolute Gasteiger partial charge is 0.272 e. The largest absolute Gasteiger partial charge is 0.508 e. The van der Waals surface area contributed by atoms with E-state index in [9.17, 15) is 9.90 Å². The van der Waals surface area contributed by atoms with Crippen LogP contribution in [0.3, 0.4) is 0 Å². The molecule has 2 aliphatic rings. The summed E-state index contributed by atoms with van der Waals surface area (Å²) < 4.78 is 7.63. The molecule has 1 amide bonds. The number of aromatic hydroxyl groups is 1. The van der Waals surface area contributed by atoms with Crippen molar-refractivity contribution in [2.75, 3.05) is 19.8 Å². The summed E-state index contributed by atoms with van der Waals surface area (Å²) in [5, 5.41) is 18.4. The van der Waals surface area contributed by atoms with Gasteiger partial charge in [-0.3, -0.25) is 14.4 Å². The normalized spacial score (nSPS) is 24.9. The third-order valence-electron chi connectivity index (χ3n) is 6.17. The number of phenols is 1. The minimum atomic E-state index is -0.161. The second-order valence-electron chi connectivity index (χ2n) is 8.67. The molecule has 4 rings (SSSR count). The van der Waals surface area contributed by atoms with E-state index in [2.05, 4.69) is 22.2 Å². The lowest BCUT2D eigenvalue weighted by atomic mass is 9.89. The molecular weight excluding hydrogens is 368 g/mol. The van der Waals surface area contributed by atoms with Crippen molar-refractivity contribution in [1.29, 1.82) is 0 Å². The second kappa shape index (κ2) is 8.32. The molecule has 2 bridgehead atoms. The van der Waals surface area contributed by atoms with Crippen molar-refractivity contribution in [2.24, 2.45) is 0 Å². The van der Waals surface area contributed by atoms with E-state index in [0.29, 0.717) is 23.2 Å². The lowest BCUT2D eigenvalue weighted by Gasteiger charge is -2.48. The van der Waals surface area contributed by atoms with E-state index in [-0.39, 0.29) is 23.7 Å². The van der Waals surface area contributed by atoms with E-state index in [1.54, 1.807) is 12.1 Å². The minimum absolute atomic E-state index is 0.121. The summed E-state index contributed by atoms with van der Waals surface area (Å²) in [6.07, 6.45) is 4.20. The summed E-state index contributed by atoms with van der Waals surface area (Å²) in [5.41, 5.74) is 1.25. The van der Waals surface area contributed by atoms with Crippen molar-refractivity contribution in [3.63, 3.8) is 0 Å². The molecule has 0 aliphatic carbocycles. The summed E-state index contributed by atoms with van der Waals surface area (Å²) in [6.45, 7) is 8.88. The number of morpholine rings is 1. The SMILES string of the molecule is CCCCN1C2COCC1CC(NC(=O)c1nn(C(C)C)c3ccc(O)cc13)C2. The van der Waals surface area contributed by atoms with Gasteiger partial charge in [0.1, 0.15) is 5.75 Å². The zero-order chi connectivity index (χ0) is 20.5. The van der Waals surface area contributed by atoms with Gasteiger partial charge in [0, 0.05) is 29.6 Å². The summed E-state index contributed by atoms with van der Waals surface area (Å²) in [5.74, 6) is -0.0169. The maximum absolute atomic E-state index is 13.1. The number of fused-ring (bicyclic) bond motifs is 3. The summed E-state index contributed by atoms with van der Waals surface area (Å²) in [7, 11) is 0. The fourth-order valence-electron chi connectivity index (χ4n) is 4.76. The Bertz CT molecular complexity index is 864. The molecule has 2 unspecified atom stereocenters. The summed E-state index contributed by atoms with van der Waals surface area (Å²) in [4.78, 5) is 15.7. The van der Waals surface area contributed by atoms with Gasteiger partial charge in [-0.15, -0.1) is 0 Å². The van der Waals surface area contributed by atoms with Gasteiger partial charge in [0.05, 0.1) is 18.7 Å². The first kappa shape index (κ1) is 20.2. The molecule has 158 valence electrons. The van der Waals surface area contributed by atoms with Crippen LogP contribution >= 0.6 is 0 Å². The van der Waals surface area contributed by atoms with Gasteiger partial charge in [-0.2, -0.15) is 5.10 Å². The Kier molecular flexibility index (Phi) is 5.79. The van der Waals surface area contributed by atoms with Crippen molar-refractivity contribution in [2.45, 2.75) is 70.6 Å². The first-order valence-electron chi connectivity index (χ1n) is 10.8. The summed E-state index contributed by atoms with van der Waals surface area (Å²) >= 11 is 0. The molecule has 7 heteroatoms. The zero-order valence-corrected chi connectivity index (χ0v) is 17.6. The van der Waals surface area contributed by atoms with Gasteiger partial charge in [0.15, 0.2) is 5.69 Å². The third-order valence-corrected chi connectivity index (χ3v) is 6.17. The third kappa shape index (κ3) is 3.98. The molecule has 0 saturated carbocycles. The highest BCUT2D eigenvalue weighted by molar-refractivity contribution is 6.05. The number of hydrogen-bond donors (Lipinski definition) is 2. The number of unbranched alkanes of at least 4 members (excludes halogenated alkanes) is 1. The topological polar surface area (TPSA) is 79.6 Å². The van der Waals surface area contributed by atoms with Crippen molar-refractivity contribution in [1.82, 2.24) is 20.0 Å². The average molecular weight is 401 g/mol. The molecule has 2 saturated heterocycles. The number of carbonyl (C=O) groups excluding carboxylic acids is 1. The molecule has 1 aromatic heterocycles. The number of hydrogen-bond acceptors (Lipinski definition) is 5. The van der Waals surface area contributed by atoms with Gasteiger partial charge < -0.3 is 15.2 Å². The number of benzene rings is 1. The van der Waals surface area contributed by atoms with E-state index in [4.69, 9.17) is 4.74 Å². The first-order valence-corrected chi connectivity index (χ1v) is 10.8. The van der Waals surface area contributed by atoms with E-state index in [0.717, 1.165) is 38.1 Å². The van der Waals surface area contributed by atoms with Crippen LogP contribution in [-0.2, 0) is 4.74 Å². The Balaban J connectivity index is 1.52. The molecule has 3 heterocycles. The van der Waals surface area contributed by atoms with Crippen LogP contribution in [0.25, 0.3) is 10.9 Å². The van der Waals surface area contributed by atoms with Gasteiger partial charge in [-0.25, -0.2) is 0 Å². The maximum atomic E-state index is 13.1. The standard InChI is InChI=1S/C22H32N4O3/c1-4-5-8-25-16-9-15(10-17(25)13-29-12-16)23-22(28)21-19-11-18(27)6-7-20(19)26(24-21)14(2)3/h6-7,11,14-17,27H,4-5,8-10,12-13H2,1-3H3,(H,23,28). The summed E-state index contributed by atoms with van der Waals surface area (Å²) in [6, 6.07) is 6.08. The molecule has 0 spiro atoms. The predicted molar refractivity (Wildman–Crippen MR) is 112 cm³/mol. The van der Waals surface area contributed by atoms with Gasteiger partial charge in [-0.05, 0) is 57.9 Å². The number of aromatic nitrogens is 2. The molecule has 7 nitrogen and oxygen atoms in total. The zero-order valence-electron chi connectivity index (χ0n) is 17.6. The predicted octanol–water partition coefficient (Wildman–Crippen LogP) is 3.08. The number of piperidine rings is 1. The maximum Gasteiger partial charge on any atom is 0.272 e. The highest BCUT2D eigenvalue weighted by Gasteiger charge is 2.39. The van der Waals surface area contributed by atoms with Crippen LogP contribution in [0.15, 0.2) is 18.2 Å². The van der Waals surface area contributed by atoms with E-state index in [1.807, 2.05) is 24.6 Å². The van der Waals surface area contributed by atoms with Gasteiger partial charge in [0.2, 0.25) is 0 Å². The minimum Gasteiger partial charge on any atom is -0.508 e. The lowest BCUT2D eigenvalue weighted by Crippen LogP contribution is -2.60. The van der Waals surface area contributed by atoms with E-state index in [1.165, 1.54) is 12.8 Å². The molecule has 2 fully saturated rings. The molecule has 2 aromatic rings. The van der Waals surface area contributed by atoms with Gasteiger partial charge in [0.25, 0.3) is 5.91 Å². The highest BCUT2D eigenvalue weighted by atomic mass is 16.5. The molecule has 2 aliphatic heterocycles. The Hall–Kier alpha value is -2.12. The number of phenolic OH excluding ortho intramolecular Hbond substituents is 1. The van der Waals surface area contributed by atoms with Crippen LogP contribution in [0.5, 0.6) is 5.75 Å². The molecule has 29 heavy (non-hydrogen) atoms. The monoisotopic (exact) mass is 400 g/mol. The number of nitrogens with one attached hydrogen (secondary N) is 1. The van der Waals surface area contributed by atoms with Crippen molar-refractivity contribution >= 4 is 16.8 Å². The Morgan fingerprint density at radius 1 is 1.31 bits per heavy atom. The quantitative estimate of drug-likeness (QED) is 0.779. The second-order valence-corrected chi connectivity index (χ2v) is 8.67. The van der Waals surface area contributed by atoms with Crippen molar-refractivity contribution in [3.8, 4) is 5.75 Å². The van der Waals surface area contributed by atoms with Crippen molar-refractivity contribution in [3.05, 3.63) is 23.9 Å². The molecule has 2 N–H and O–H groups in total. The number of ether oxygens (including phenoxy) is 1. The Labute approximate surface area is 172 Å². The van der Waals surface area contributed by atoms with Crippen LogP contribution in [0.4, 0.5) is 0 Å². The molecule has 1 aromatic carbocycles. The Morgan fingerprint density at radius 2 is 2.03 bits per heavy atom. The number of rotatable bonds is 6. The Morgan fingerprint density at radius 3 is 2.69 bits per heavy atom. The first-order chi connectivity index (χ1) is 14.0. The number of carbonyl (C=O) groups is 1. The lowest BCUT2D eigenvalue weighted by molar-refractivity contribution is -0.0802. The van der Waals surface area contributed by atoms with Crippen LogP contribution in [0.2, 0.25) is 0 Å². The van der Waals surface area contributed by atoms with Crippen LogP contribution in [-0.4, -0.2) is 63.6 Å². The van der Waals surface area contributed by atoms with E-state index >= 15 is 0 Å². The van der Waals surface area contributed by atoms with Gasteiger partial charge >= 0.3 is 0 Å². The molecular formula is C22H32N4O3. The highest BCUT2D eigenvalue weighted by Crippen LogP contribution is 2.29. The average Bonchev–Trinajstić information content (AvgIpc) is 3.05. The van der Waals surface area contributed by atoms with Gasteiger partial charge in [-0.1, -0.05) is 13.3 Å². The molecule has 0 radical (unpaired) electrons. The van der Waals surface area contributed by atoms with E-state index < -0.39 is 0 Å². The number of amides is 1. The fourth-order valence-corrected chi connectivity index (χ4v) is 4.76. The van der Waals surface area contributed by atoms with Crippen LogP contribution in [0, 0.1) is 0 Å². The van der Waals surface area contributed by atoms with Crippen LogP contribution < -0.4 is 5.32 Å². The molecule has 2 atom stereocenters. The van der Waals surface area contributed by atoms with Crippen LogP contribution in [0.1, 0.15) is 63.0 Å². The van der Waals surface area contributed by atoms with Crippen molar-refractivity contribution < 1.29 is 14.6 Å². The number of nitrogens with zero attached hydrogens (tertiary/aromatic N) is 3.